The van der Waals surface area contributed by atoms with Crippen LogP contribution in [0.2, 0.25) is 0 Å². The van der Waals surface area contributed by atoms with Gasteiger partial charge in [0.05, 0.1) is 11.4 Å². The van der Waals surface area contributed by atoms with Gasteiger partial charge in [0, 0.05) is 0 Å². The summed E-state index contributed by atoms with van der Waals surface area (Å²) in [5.74, 6) is 0.434. The zero-order chi connectivity index (χ0) is 8.43. The minimum Gasteiger partial charge on any atom is -0.135 e. The Morgan fingerprint density at radius 3 is 2.18 bits per heavy atom. The molecule has 0 radical (unpaired) electrons. The number of hydrogen-bond acceptors (Lipinski definition) is 3. The van der Waals surface area contributed by atoms with Gasteiger partial charge in [-0.05, 0) is 30.5 Å². The average Bonchev–Trinajstić information content (AvgIpc) is 1.94. The van der Waals surface area contributed by atoms with Crippen molar-refractivity contribution in [1.82, 2.24) is 15.4 Å². The molecule has 1 aromatic heterocycles. The molecule has 0 unspecified atom stereocenters. The molecule has 1 aromatic rings. The molecule has 0 bridgehead atoms. The predicted molar refractivity (Wildman–Crippen MR) is 43.4 cm³/mol. The van der Waals surface area contributed by atoms with E-state index in [1.165, 1.54) is 0 Å². The van der Waals surface area contributed by atoms with Crippen LogP contribution in [0.1, 0.15) is 36.7 Å². The van der Waals surface area contributed by atoms with Crippen LogP contribution in [0.5, 0.6) is 0 Å². The molecule has 60 valence electrons. The highest BCUT2D eigenvalue weighted by Gasteiger charge is 2.07. The molecule has 11 heavy (non-hydrogen) atoms. The summed E-state index contributed by atoms with van der Waals surface area (Å²) in [5, 5.41) is 11.5. The summed E-state index contributed by atoms with van der Waals surface area (Å²) < 4.78 is 0. The van der Waals surface area contributed by atoms with Crippen LogP contribution in [0.15, 0.2) is 0 Å². The van der Waals surface area contributed by atoms with Crippen LogP contribution in [-0.2, 0) is 0 Å². The quantitative estimate of drug-likeness (QED) is 0.612. The summed E-state index contributed by atoms with van der Waals surface area (Å²) in [6, 6.07) is 0. The van der Waals surface area contributed by atoms with Gasteiger partial charge in [-0.25, -0.2) is 0 Å². The minimum absolute atomic E-state index is 0.434. The van der Waals surface area contributed by atoms with Gasteiger partial charge in [-0.3, -0.25) is 0 Å². The van der Waals surface area contributed by atoms with Crippen molar-refractivity contribution in [2.45, 2.75) is 33.6 Å². The van der Waals surface area contributed by atoms with Crippen LogP contribution in [0, 0.1) is 13.8 Å². The maximum absolute atomic E-state index is 3.98. The molecule has 1 heterocycles. The maximum Gasteiger partial charge on any atom is 0.0721 e. The van der Waals surface area contributed by atoms with Crippen molar-refractivity contribution in [3.8, 4) is 0 Å². The van der Waals surface area contributed by atoms with Crippen LogP contribution in [-0.4, -0.2) is 15.4 Å². The van der Waals surface area contributed by atoms with Gasteiger partial charge in [-0.15, -0.1) is 10.2 Å². The molecule has 0 atom stereocenters. The fraction of sp³-hybridized carbons (Fsp3) is 0.625. The van der Waals surface area contributed by atoms with E-state index in [0.717, 1.165) is 17.0 Å². The molecule has 0 aliphatic heterocycles. The van der Waals surface area contributed by atoms with E-state index >= 15 is 0 Å². The lowest BCUT2D eigenvalue weighted by atomic mass is 10.1. The monoisotopic (exact) mass is 151 g/mol. The molecule has 0 amide bonds. The normalized spacial score (nSPS) is 10.6. The van der Waals surface area contributed by atoms with Crippen LogP contribution >= 0.6 is 0 Å². The van der Waals surface area contributed by atoms with Crippen molar-refractivity contribution in [2.75, 3.05) is 0 Å². The molecule has 0 aliphatic carbocycles. The van der Waals surface area contributed by atoms with Crippen LogP contribution in [0.4, 0.5) is 0 Å². The van der Waals surface area contributed by atoms with Crippen molar-refractivity contribution in [2.24, 2.45) is 0 Å². The van der Waals surface area contributed by atoms with Gasteiger partial charge in [0.2, 0.25) is 0 Å². The predicted octanol–water partition coefficient (Wildman–Crippen LogP) is 1.61. The Bertz CT molecular complexity index is 256. The zero-order valence-electron chi connectivity index (χ0n) is 7.42. The first-order valence-corrected chi connectivity index (χ1v) is 3.79. The average molecular weight is 151 g/mol. The first-order valence-electron chi connectivity index (χ1n) is 3.79. The van der Waals surface area contributed by atoms with Gasteiger partial charge in [-0.1, -0.05) is 13.8 Å². The number of nitrogens with zero attached hydrogens (tertiary/aromatic N) is 3. The molecule has 0 fully saturated rings. The highest BCUT2D eigenvalue weighted by Crippen LogP contribution is 2.15. The number of hydrogen-bond donors (Lipinski definition) is 0. The molecule has 1 rings (SSSR count). The Labute approximate surface area is 66.9 Å². The lowest BCUT2D eigenvalue weighted by Gasteiger charge is -2.06. The summed E-state index contributed by atoms with van der Waals surface area (Å²) >= 11 is 0. The van der Waals surface area contributed by atoms with Crippen LogP contribution < -0.4 is 0 Å². The van der Waals surface area contributed by atoms with Crippen molar-refractivity contribution >= 4 is 0 Å². The molecule has 3 nitrogen and oxygen atoms in total. The summed E-state index contributed by atoms with van der Waals surface area (Å²) in [6.45, 7) is 8.20. The lowest BCUT2D eigenvalue weighted by molar-refractivity contribution is 0.717. The van der Waals surface area contributed by atoms with Gasteiger partial charge in [0.25, 0.3) is 0 Å². The molecule has 3 heteroatoms. The highest BCUT2D eigenvalue weighted by molar-refractivity contribution is 5.22. The van der Waals surface area contributed by atoms with E-state index in [2.05, 4.69) is 29.3 Å². The Morgan fingerprint density at radius 2 is 1.73 bits per heavy atom. The van der Waals surface area contributed by atoms with Gasteiger partial charge >= 0.3 is 0 Å². The molecular formula is C8H13N3. The first-order chi connectivity index (χ1) is 5.13. The first kappa shape index (κ1) is 8.11. The minimum atomic E-state index is 0.434. The molecule has 0 saturated heterocycles. The van der Waals surface area contributed by atoms with E-state index in [9.17, 15) is 0 Å². The second-order valence-electron chi connectivity index (χ2n) is 3.04. The second-order valence-corrected chi connectivity index (χ2v) is 3.04. The molecule has 0 aliphatic rings. The Kier molecular flexibility index (Phi) is 2.17. The van der Waals surface area contributed by atoms with Gasteiger partial charge < -0.3 is 0 Å². The second kappa shape index (κ2) is 2.95. The largest absolute Gasteiger partial charge is 0.135 e. The molecule has 0 N–H and O–H groups in total. The van der Waals surface area contributed by atoms with Crippen LogP contribution in [0.3, 0.4) is 0 Å². The summed E-state index contributed by atoms with van der Waals surface area (Å²) in [7, 11) is 0. The Balaban J connectivity index is 3.17. The number of aryl methyl sites for hydroxylation is 1. The van der Waals surface area contributed by atoms with Gasteiger partial charge in [-0.2, -0.15) is 0 Å². The zero-order valence-corrected chi connectivity index (χ0v) is 7.42. The SMILES string of the molecule is Cc1nnnc(C(C)C)c1C. The molecular weight excluding hydrogens is 138 g/mol. The smallest absolute Gasteiger partial charge is 0.0721 e. The van der Waals surface area contributed by atoms with Crippen molar-refractivity contribution in [1.29, 1.82) is 0 Å². The highest BCUT2D eigenvalue weighted by atomic mass is 15.3. The molecule has 0 aromatic carbocycles. The van der Waals surface area contributed by atoms with E-state index in [-0.39, 0.29) is 0 Å². The third-order valence-corrected chi connectivity index (χ3v) is 1.82. The summed E-state index contributed by atoms with van der Waals surface area (Å²) in [6.07, 6.45) is 0. The maximum atomic E-state index is 3.98. The van der Waals surface area contributed by atoms with E-state index in [0.29, 0.717) is 5.92 Å². The van der Waals surface area contributed by atoms with E-state index in [4.69, 9.17) is 0 Å². The van der Waals surface area contributed by atoms with Gasteiger partial charge in [0.15, 0.2) is 0 Å². The van der Waals surface area contributed by atoms with E-state index in [1.54, 1.807) is 0 Å². The van der Waals surface area contributed by atoms with Crippen molar-refractivity contribution in [3.05, 3.63) is 17.0 Å². The summed E-state index contributed by atoms with van der Waals surface area (Å²) in [4.78, 5) is 0. The molecule has 0 saturated carbocycles. The van der Waals surface area contributed by atoms with E-state index < -0.39 is 0 Å². The van der Waals surface area contributed by atoms with Gasteiger partial charge in [0.1, 0.15) is 0 Å². The van der Waals surface area contributed by atoms with Crippen molar-refractivity contribution < 1.29 is 0 Å². The molecule has 0 spiro atoms. The third-order valence-electron chi connectivity index (χ3n) is 1.82. The fourth-order valence-corrected chi connectivity index (χ4v) is 1.02. The standard InChI is InChI=1S/C8H13N3/c1-5(2)8-6(3)7(4)9-11-10-8/h5H,1-4H3. The topological polar surface area (TPSA) is 38.7 Å². The van der Waals surface area contributed by atoms with Crippen LogP contribution in [0.25, 0.3) is 0 Å². The third kappa shape index (κ3) is 1.53. The lowest BCUT2D eigenvalue weighted by Crippen LogP contribution is -2.03. The fourth-order valence-electron chi connectivity index (χ4n) is 1.02. The van der Waals surface area contributed by atoms with E-state index in [1.807, 2.05) is 13.8 Å². The Hall–Kier alpha value is -0.990. The number of aromatic nitrogens is 3. The Morgan fingerprint density at radius 1 is 1.09 bits per heavy atom. The summed E-state index contributed by atoms with van der Waals surface area (Å²) in [5.41, 5.74) is 3.19. The van der Waals surface area contributed by atoms with Crippen molar-refractivity contribution in [3.63, 3.8) is 0 Å². The number of rotatable bonds is 1.